The second-order valence-electron chi connectivity index (χ2n) is 9.43. The Bertz CT molecular complexity index is 903. The SMILES string of the molecule is Cc1c(C)c(N(C)CC(=O)N(C)C2CCN(CCc3ccccc3)CC2)c(C)c(C)c1N. The highest BCUT2D eigenvalue weighted by atomic mass is 16.2. The molecule has 0 radical (unpaired) electrons. The van der Waals surface area contributed by atoms with E-state index in [2.05, 4.69) is 67.8 Å². The van der Waals surface area contributed by atoms with E-state index in [9.17, 15) is 4.79 Å². The van der Waals surface area contributed by atoms with Crippen LogP contribution in [-0.2, 0) is 11.2 Å². The molecule has 0 saturated carbocycles. The van der Waals surface area contributed by atoms with Crippen LogP contribution in [0.5, 0.6) is 0 Å². The summed E-state index contributed by atoms with van der Waals surface area (Å²) in [5.41, 5.74) is 14.2. The van der Waals surface area contributed by atoms with Crippen molar-refractivity contribution in [2.75, 3.05) is 50.9 Å². The summed E-state index contributed by atoms with van der Waals surface area (Å²) in [6, 6.07) is 11.0. The van der Waals surface area contributed by atoms with Crippen LogP contribution in [0.2, 0.25) is 0 Å². The number of likely N-dealkylation sites (N-methyl/N-ethyl adjacent to an activating group) is 2. The zero-order chi connectivity index (χ0) is 23.4. The molecule has 1 heterocycles. The topological polar surface area (TPSA) is 52.8 Å². The molecule has 1 aliphatic rings. The van der Waals surface area contributed by atoms with Gasteiger partial charge < -0.3 is 20.4 Å². The Morgan fingerprint density at radius 1 is 0.969 bits per heavy atom. The molecule has 1 aliphatic heterocycles. The minimum absolute atomic E-state index is 0.182. The molecule has 2 N–H and O–H groups in total. The van der Waals surface area contributed by atoms with E-state index in [1.807, 2.05) is 19.0 Å². The van der Waals surface area contributed by atoms with Gasteiger partial charge in [-0.3, -0.25) is 4.79 Å². The second kappa shape index (κ2) is 10.4. The number of rotatable bonds is 7. The van der Waals surface area contributed by atoms with Crippen LogP contribution in [0.3, 0.4) is 0 Å². The maximum absolute atomic E-state index is 13.1. The van der Waals surface area contributed by atoms with Crippen LogP contribution >= 0.6 is 0 Å². The van der Waals surface area contributed by atoms with Gasteiger partial charge in [-0.15, -0.1) is 0 Å². The number of piperidine rings is 1. The Morgan fingerprint density at radius 2 is 1.53 bits per heavy atom. The molecule has 5 heteroatoms. The summed E-state index contributed by atoms with van der Waals surface area (Å²) in [5, 5.41) is 0. The lowest BCUT2D eigenvalue weighted by molar-refractivity contribution is -0.131. The van der Waals surface area contributed by atoms with Crippen molar-refractivity contribution >= 4 is 17.3 Å². The molecule has 1 fully saturated rings. The largest absolute Gasteiger partial charge is 0.398 e. The monoisotopic (exact) mass is 436 g/mol. The molecule has 0 aromatic heterocycles. The molecule has 1 saturated heterocycles. The fourth-order valence-electron chi connectivity index (χ4n) is 4.95. The minimum atomic E-state index is 0.182. The fourth-order valence-corrected chi connectivity index (χ4v) is 4.95. The molecule has 3 rings (SSSR count). The smallest absolute Gasteiger partial charge is 0.242 e. The van der Waals surface area contributed by atoms with Gasteiger partial charge >= 0.3 is 0 Å². The average Bonchev–Trinajstić information content (AvgIpc) is 2.80. The number of carbonyl (C=O) groups is 1. The number of nitrogens with zero attached hydrogens (tertiary/aromatic N) is 3. The highest BCUT2D eigenvalue weighted by Gasteiger charge is 2.26. The Balaban J connectivity index is 1.54. The number of likely N-dealkylation sites (tertiary alicyclic amines) is 1. The summed E-state index contributed by atoms with van der Waals surface area (Å²) in [6.07, 6.45) is 3.17. The zero-order valence-electron chi connectivity index (χ0n) is 20.7. The van der Waals surface area contributed by atoms with E-state index in [-0.39, 0.29) is 5.91 Å². The lowest BCUT2D eigenvalue weighted by atomic mass is 9.95. The van der Waals surface area contributed by atoms with Gasteiger partial charge in [0, 0.05) is 51.1 Å². The lowest BCUT2D eigenvalue weighted by Gasteiger charge is -2.37. The van der Waals surface area contributed by atoms with Crippen LogP contribution in [0.1, 0.15) is 40.7 Å². The molecule has 0 bridgehead atoms. The molecule has 32 heavy (non-hydrogen) atoms. The number of nitrogens with two attached hydrogens (primary N) is 1. The molecule has 2 aromatic rings. The second-order valence-corrected chi connectivity index (χ2v) is 9.43. The number of carbonyl (C=O) groups excluding carboxylic acids is 1. The van der Waals surface area contributed by atoms with Crippen molar-refractivity contribution in [3.63, 3.8) is 0 Å². The third-order valence-corrected chi connectivity index (χ3v) is 7.46. The summed E-state index contributed by atoms with van der Waals surface area (Å²) in [7, 11) is 3.99. The minimum Gasteiger partial charge on any atom is -0.398 e. The first-order chi connectivity index (χ1) is 15.2. The van der Waals surface area contributed by atoms with Crippen LogP contribution in [0.4, 0.5) is 11.4 Å². The predicted molar refractivity (Wildman–Crippen MR) is 135 cm³/mol. The van der Waals surface area contributed by atoms with Gasteiger partial charge in [-0.1, -0.05) is 30.3 Å². The van der Waals surface area contributed by atoms with Gasteiger partial charge in [0.1, 0.15) is 0 Å². The number of amides is 1. The molecular formula is C27H40N4O. The number of anilines is 2. The van der Waals surface area contributed by atoms with Gasteiger partial charge in [0.2, 0.25) is 5.91 Å². The normalized spacial score (nSPS) is 15.1. The standard InChI is InChI=1S/C27H40N4O/c1-19-21(3)27(22(4)20(2)26(19)28)29(5)18-25(32)30(6)24-13-16-31(17-14-24)15-12-23-10-8-7-9-11-23/h7-11,24H,12-18,28H2,1-6H3. The van der Waals surface area contributed by atoms with E-state index < -0.39 is 0 Å². The average molecular weight is 437 g/mol. The molecule has 1 amide bonds. The molecule has 0 spiro atoms. The van der Waals surface area contributed by atoms with Crippen LogP contribution in [0, 0.1) is 27.7 Å². The molecular weight excluding hydrogens is 396 g/mol. The van der Waals surface area contributed by atoms with E-state index in [0.29, 0.717) is 12.6 Å². The fraction of sp³-hybridized carbons (Fsp3) is 0.519. The van der Waals surface area contributed by atoms with Crippen LogP contribution in [0.25, 0.3) is 0 Å². The molecule has 5 nitrogen and oxygen atoms in total. The van der Waals surface area contributed by atoms with Crippen molar-refractivity contribution in [1.29, 1.82) is 0 Å². The van der Waals surface area contributed by atoms with E-state index in [0.717, 1.165) is 72.5 Å². The van der Waals surface area contributed by atoms with E-state index in [4.69, 9.17) is 5.73 Å². The Kier molecular flexibility index (Phi) is 7.83. The van der Waals surface area contributed by atoms with Gasteiger partial charge in [0.15, 0.2) is 0 Å². The summed E-state index contributed by atoms with van der Waals surface area (Å²) in [6.45, 7) is 11.9. The molecule has 0 unspecified atom stereocenters. The number of hydrogen-bond donors (Lipinski definition) is 1. The third kappa shape index (κ3) is 5.26. The first kappa shape index (κ1) is 24.1. The Morgan fingerprint density at radius 3 is 2.09 bits per heavy atom. The third-order valence-electron chi connectivity index (χ3n) is 7.46. The highest BCUT2D eigenvalue weighted by molar-refractivity contribution is 5.83. The predicted octanol–water partition coefficient (Wildman–Crippen LogP) is 4.10. The number of benzene rings is 2. The van der Waals surface area contributed by atoms with Crippen molar-refractivity contribution in [2.45, 2.75) is 53.0 Å². The summed E-state index contributed by atoms with van der Waals surface area (Å²) < 4.78 is 0. The van der Waals surface area contributed by atoms with Crippen molar-refractivity contribution in [3.05, 3.63) is 58.1 Å². The van der Waals surface area contributed by atoms with Crippen LogP contribution < -0.4 is 10.6 Å². The molecule has 0 atom stereocenters. The van der Waals surface area contributed by atoms with Gasteiger partial charge in [-0.05, 0) is 74.8 Å². The van der Waals surface area contributed by atoms with E-state index in [1.165, 1.54) is 5.56 Å². The van der Waals surface area contributed by atoms with Crippen LogP contribution in [0.15, 0.2) is 30.3 Å². The maximum Gasteiger partial charge on any atom is 0.242 e. The van der Waals surface area contributed by atoms with Crippen molar-refractivity contribution in [1.82, 2.24) is 9.80 Å². The number of hydrogen-bond acceptors (Lipinski definition) is 4. The van der Waals surface area contributed by atoms with Crippen molar-refractivity contribution < 1.29 is 4.79 Å². The van der Waals surface area contributed by atoms with Crippen LogP contribution in [-0.4, -0.2) is 62.0 Å². The summed E-state index contributed by atoms with van der Waals surface area (Å²) in [5.74, 6) is 0.182. The molecule has 2 aromatic carbocycles. The summed E-state index contributed by atoms with van der Waals surface area (Å²) in [4.78, 5) is 19.7. The zero-order valence-corrected chi connectivity index (χ0v) is 20.7. The first-order valence-electron chi connectivity index (χ1n) is 11.8. The van der Waals surface area contributed by atoms with Gasteiger partial charge in [-0.25, -0.2) is 0 Å². The molecule has 174 valence electrons. The Hall–Kier alpha value is -2.53. The van der Waals surface area contributed by atoms with Gasteiger partial charge in [0.25, 0.3) is 0 Å². The van der Waals surface area contributed by atoms with Crippen molar-refractivity contribution in [2.24, 2.45) is 0 Å². The quantitative estimate of drug-likeness (QED) is 0.664. The van der Waals surface area contributed by atoms with E-state index >= 15 is 0 Å². The van der Waals surface area contributed by atoms with Gasteiger partial charge in [0.05, 0.1) is 6.54 Å². The van der Waals surface area contributed by atoms with Crippen molar-refractivity contribution in [3.8, 4) is 0 Å². The molecule has 0 aliphatic carbocycles. The highest BCUT2D eigenvalue weighted by Crippen LogP contribution is 2.34. The first-order valence-corrected chi connectivity index (χ1v) is 11.8. The van der Waals surface area contributed by atoms with E-state index in [1.54, 1.807) is 0 Å². The number of nitrogen functional groups attached to an aromatic ring is 1. The lowest BCUT2D eigenvalue weighted by Crippen LogP contribution is -2.48. The van der Waals surface area contributed by atoms with Gasteiger partial charge in [-0.2, -0.15) is 0 Å². The Labute approximate surface area is 194 Å². The summed E-state index contributed by atoms with van der Waals surface area (Å²) >= 11 is 0. The maximum atomic E-state index is 13.1.